The number of cyclic esters (lactones) is 2. The van der Waals surface area contributed by atoms with E-state index in [0.29, 0.717) is 11.1 Å². The Morgan fingerprint density at radius 2 is 2.00 bits per heavy atom. The monoisotopic (exact) mass is 231 g/mol. The Morgan fingerprint density at radius 1 is 1.24 bits per heavy atom. The van der Waals surface area contributed by atoms with E-state index in [9.17, 15) is 9.59 Å². The molecule has 0 amide bonds. The number of hydrogen-bond acceptors (Lipinski definition) is 4. The van der Waals surface area contributed by atoms with Crippen LogP contribution in [0.2, 0.25) is 0 Å². The Bertz CT molecular complexity index is 491. The molecule has 1 aliphatic rings. The average Bonchev–Trinajstić information content (AvgIpc) is 2.61. The number of carbonyl (C=O) groups excluding carboxylic acids is 2. The number of benzene rings is 1. The molecule has 1 aromatic carbocycles. The van der Waals surface area contributed by atoms with Crippen molar-refractivity contribution in [3.05, 3.63) is 41.0 Å². The van der Waals surface area contributed by atoms with Gasteiger partial charge in [-0.15, -0.1) is 0 Å². The van der Waals surface area contributed by atoms with Gasteiger partial charge in [-0.1, -0.05) is 18.2 Å². The first-order valence-electron chi connectivity index (χ1n) is 5.44. The molecule has 0 atom stereocenters. The number of carbonyl (C=O) groups is 2. The van der Waals surface area contributed by atoms with E-state index < -0.39 is 11.9 Å². The smallest absolute Gasteiger partial charge is 0.346 e. The maximum absolute atomic E-state index is 11.3. The van der Waals surface area contributed by atoms with Crippen LogP contribution in [0.25, 0.3) is 6.08 Å². The van der Waals surface area contributed by atoms with E-state index in [2.05, 4.69) is 10.1 Å². The first-order valence-corrected chi connectivity index (χ1v) is 5.44. The maximum atomic E-state index is 11.3. The number of rotatable bonds is 4. The van der Waals surface area contributed by atoms with Crippen molar-refractivity contribution in [3.8, 4) is 0 Å². The third kappa shape index (κ3) is 2.42. The predicted octanol–water partition coefficient (Wildman–Crippen LogP) is 1.62. The molecule has 0 aliphatic carbocycles. The minimum Gasteiger partial charge on any atom is -0.386 e. The molecule has 1 aromatic rings. The molecule has 88 valence electrons. The highest BCUT2D eigenvalue weighted by atomic mass is 16.6. The van der Waals surface area contributed by atoms with Crippen molar-refractivity contribution in [3.63, 3.8) is 0 Å². The lowest BCUT2D eigenvalue weighted by Gasteiger charge is -1.96. The maximum Gasteiger partial charge on any atom is 0.346 e. The molecule has 1 heterocycles. The fourth-order valence-electron chi connectivity index (χ4n) is 1.65. The summed E-state index contributed by atoms with van der Waals surface area (Å²) in [6, 6.07) is 5.10. The van der Waals surface area contributed by atoms with Gasteiger partial charge in [0, 0.05) is 0 Å². The molecular formula is C13H13NO3. The summed E-state index contributed by atoms with van der Waals surface area (Å²) in [4.78, 5) is 22.5. The summed E-state index contributed by atoms with van der Waals surface area (Å²) in [5.74, 6) is -1.12. The van der Waals surface area contributed by atoms with Crippen LogP contribution >= 0.6 is 0 Å². The number of hydrogen-bond donors (Lipinski definition) is 1. The Hall–Kier alpha value is -1.94. The molecule has 4 heteroatoms. The molecule has 0 saturated heterocycles. The van der Waals surface area contributed by atoms with Gasteiger partial charge in [0.05, 0.1) is 11.1 Å². The van der Waals surface area contributed by atoms with Crippen LogP contribution in [0, 0.1) is 0 Å². The molecule has 4 nitrogen and oxygen atoms in total. The van der Waals surface area contributed by atoms with Crippen LogP contribution in [-0.4, -0.2) is 25.5 Å². The second kappa shape index (κ2) is 4.93. The quantitative estimate of drug-likeness (QED) is 0.486. The zero-order valence-electron chi connectivity index (χ0n) is 9.53. The lowest BCUT2D eigenvalue weighted by Crippen LogP contribution is -2.05. The molecule has 2 rings (SSSR count). The van der Waals surface area contributed by atoms with Gasteiger partial charge in [0.15, 0.2) is 0 Å². The zero-order valence-corrected chi connectivity index (χ0v) is 9.53. The van der Waals surface area contributed by atoms with Crippen molar-refractivity contribution in [2.45, 2.75) is 6.42 Å². The van der Waals surface area contributed by atoms with E-state index in [0.717, 1.165) is 18.5 Å². The first-order chi connectivity index (χ1) is 8.22. The van der Waals surface area contributed by atoms with Crippen LogP contribution in [-0.2, 0) is 4.74 Å². The van der Waals surface area contributed by atoms with Crippen molar-refractivity contribution in [2.75, 3.05) is 13.6 Å². The van der Waals surface area contributed by atoms with Crippen molar-refractivity contribution >= 4 is 18.0 Å². The van der Waals surface area contributed by atoms with Crippen LogP contribution in [0.5, 0.6) is 0 Å². The number of esters is 2. The Morgan fingerprint density at radius 3 is 2.76 bits per heavy atom. The van der Waals surface area contributed by atoms with Gasteiger partial charge in [0.1, 0.15) is 0 Å². The molecule has 0 fully saturated rings. The normalized spacial score (nSPS) is 14.2. The minimum atomic E-state index is -0.560. The Labute approximate surface area is 99.3 Å². The van der Waals surface area contributed by atoms with Gasteiger partial charge >= 0.3 is 11.9 Å². The van der Waals surface area contributed by atoms with E-state index in [1.807, 2.05) is 19.2 Å². The highest BCUT2D eigenvalue weighted by Gasteiger charge is 2.29. The largest absolute Gasteiger partial charge is 0.386 e. The Kier molecular flexibility index (Phi) is 3.35. The number of fused-ring (bicyclic) bond motifs is 1. The van der Waals surface area contributed by atoms with Crippen molar-refractivity contribution in [2.24, 2.45) is 0 Å². The van der Waals surface area contributed by atoms with E-state index in [1.165, 1.54) is 0 Å². The molecule has 0 saturated carbocycles. The lowest BCUT2D eigenvalue weighted by molar-refractivity contribution is 0.0444. The third-order valence-corrected chi connectivity index (χ3v) is 2.54. The molecule has 0 aromatic heterocycles. The molecular weight excluding hydrogens is 218 g/mol. The number of ether oxygens (including phenoxy) is 1. The lowest BCUT2D eigenvalue weighted by atomic mass is 10.1. The summed E-state index contributed by atoms with van der Waals surface area (Å²) in [6.07, 6.45) is 4.85. The van der Waals surface area contributed by atoms with Crippen LogP contribution in [0.3, 0.4) is 0 Å². The number of nitrogens with one attached hydrogen (secondary N) is 1. The van der Waals surface area contributed by atoms with Crippen molar-refractivity contribution < 1.29 is 14.3 Å². The van der Waals surface area contributed by atoms with Gasteiger partial charge in [-0.05, 0) is 37.7 Å². The summed E-state index contributed by atoms with van der Waals surface area (Å²) in [5, 5.41) is 3.04. The molecule has 1 N–H and O–H groups in total. The second-order valence-corrected chi connectivity index (χ2v) is 3.78. The molecule has 1 aliphatic heterocycles. The van der Waals surface area contributed by atoms with Gasteiger partial charge in [0.25, 0.3) is 0 Å². The topological polar surface area (TPSA) is 55.4 Å². The Balaban J connectivity index is 2.17. The molecule has 0 unspecified atom stereocenters. The highest BCUT2D eigenvalue weighted by Crippen LogP contribution is 2.21. The molecule has 0 spiro atoms. The van der Waals surface area contributed by atoms with Crippen molar-refractivity contribution in [1.82, 2.24) is 5.32 Å². The summed E-state index contributed by atoms with van der Waals surface area (Å²) in [6.45, 7) is 0.905. The summed E-state index contributed by atoms with van der Waals surface area (Å²) >= 11 is 0. The SMILES string of the molecule is CNCCC=Cc1ccc2c(c1)C(=O)OC2=O. The van der Waals surface area contributed by atoms with Gasteiger partial charge in [0.2, 0.25) is 0 Å². The van der Waals surface area contributed by atoms with E-state index >= 15 is 0 Å². The second-order valence-electron chi connectivity index (χ2n) is 3.78. The van der Waals surface area contributed by atoms with Gasteiger partial charge in [-0.25, -0.2) is 9.59 Å². The molecule has 0 bridgehead atoms. The summed E-state index contributed by atoms with van der Waals surface area (Å²) < 4.78 is 4.52. The van der Waals surface area contributed by atoms with E-state index in [-0.39, 0.29) is 0 Å². The fraction of sp³-hybridized carbons (Fsp3) is 0.231. The van der Waals surface area contributed by atoms with Crippen LogP contribution in [0.15, 0.2) is 24.3 Å². The van der Waals surface area contributed by atoms with E-state index in [4.69, 9.17) is 0 Å². The highest BCUT2D eigenvalue weighted by molar-refractivity contribution is 6.14. The zero-order chi connectivity index (χ0) is 12.3. The predicted molar refractivity (Wildman–Crippen MR) is 63.8 cm³/mol. The molecule has 17 heavy (non-hydrogen) atoms. The summed E-state index contributed by atoms with van der Waals surface area (Å²) in [7, 11) is 1.89. The summed E-state index contributed by atoms with van der Waals surface area (Å²) in [5.41, 5.74) is 1.60. The van der Waals surface area contributed by atoms with Gasteiger partial charge in [-0.2, -0.15) is 0 Å². The minimum absolute atomic E-state index is 0.349. The first kappa shape index (κ1) is 11.5. The van der Waals surface area contributed by atoms with Crippen LogP contribution < -0.4 is 5.32 Å². The average molecular weight is 231 g/mol. The van der Waals surface area contributed by atoms with Gasteiger partial charge < -0.3 is 10.1 Å². The van der Waals surface area contributed by atoms with E-state index in [1.54, 1.807) is 18.2 Å². The van der Waals surface area contributed by atoms with Crippen LogP contribution in [0.4, 0.5) is 0 Å². The third-order valence-electron chi connectivity index (χ3n) is 2.54. The van der Waals surface area contributed by atoms with Crippen molar-refractivity contribution in [1.29, 1.82) is 0 Å². The van der Waals surface area contributed by atoms with Gasteiger partial charge in [-0.3, -0.25) is 0 Å². The standard InChI is InChI=1S/C13H13NO3/c1-14-7-3-2-4-9-5-6-10-11(8-9)13(16)17-12(10)15/h2,4-6,8,14H,3,7H2,1H3. The van der Waals surface area contributed by atoms with Crippen LogP contribution in [0.1, 0.15) is 32.7 Å². The fourth-order valence-corrected chi connectivity index (χ4v) is 1.65. The molecule has 0 radical (unpaired) electrons.